The molecule has 5 nitrogen and oxygen atoms in total. The van der Waals surface area contributed by atoms with Crippen molar-refractivity contribution >= 4 is 24.2 Å². The summed E-state index contributed by atoms with van der Waals surface area (Å²) >= 11 is 0. The van der Waals surface area contributed by atoms with Gasteiger partial charge in [-0.3, -0.25) is 9.59 Å². The van der Waals surface area contributed by atoms with Crippen molar-refractivity contribution in [1.29, 1.82) is 0 Å². The fourth-order valence-corrected chi connectivity index (χ4v) is 2.36. The van der Waals surface area contributed by atoms with E-state index in [9.17, 15) is 9.59 Å². The molecule has 2 aromatic carbocycles. The third-order valence-corrected chi connectivity index (χ3v) is 3.64. The van der Waals surface area contributed by atoms with Crippen LogP contribution in [-0.2, 0) is 4.79 Å². The standard InChI is InChI=1S/C19H23N3O2.ClH/c20-12-7-13-21-18(23)14-17(15-8-3-1-4-9-15)22-19(24)16-10-5-2-6-11-16;/h1-6,8-11,17H,7,12-14,20H2,(H,21,23)(H,22,24);1H. The van der Waals surface area contributed by atoms with Gasteiger partial charge in [-0.15, -0.1) is 12.4 Å². The largest absolute Gasteiger partial charge is 0.356 e. The van der Waals surface area contributed by atoms with Gasteiger partial charge in [-0.2, -0.15) is 0 Å². The van der Waals surface area contributed by atoms with Crippen molar-refractivity contribution in [2.75, 3.05) is 13.1 Å². The van der Waals surface area contributed by atoms with Crippen LogP contribution in [0.2, 0.25) is 0 Å². The van der Waals surface area contributed by atoms with E-state index in [0.717, 1.165) is 12.0 Å². The molecular weight excluding hydrogens is 338 g/mol. The molecule has 2 amide bonds. The Morgan fingerprint density at radius 3 is 2.16 bits per heavy atom. The monoisotopic (exact) mass is 361 g/mol. The molecule has 2 aromatic rings. The summed E-state index contributed by atoms with van der Waals surface area (Å²) in [6, 6.07) is 18.1. The summed E-state index contributed by atoms with van der Waals surface area (Å²) in [5.74, 6) is -0.301. The Kier molecular flexibility index (Phi) is 9.29. The van der Waals surface area contributed by atoms with Crippen LogP contribution in [-0.4, -0.2) is 24.9 Å². The first-order valence-corrected chi connectivity index (χ1v) is 8.08. The van der Waals surface area contributed by atoms with Crippen molar-refractivity contribution in [2.24, 2.45) is 5.73 Å². The molecule has 0 saturated carbocycles. The summed E-state index contributed by atoms with van der Waals surface area (Å²) in [5.41, 5.74) is 6.90. The highest BCUT2D eigenvalue weighted by molar-refractivity contribution is 5.94. The highest BCUT2D eigenvalue weighted by Gasteiger charge is 2.18. The van der Waals surface area contributed by atoms with Gasteiger partial charge < -0.3 is 16.4 Å². The maximum Gasteiger partial charge on any atom is 0.251 e. The van der Waals surface area contributed by atoms with Gasteiger partial charge >= 0.3 is 0 Å². The maximum atomic E-state index is 12.4. The first-order valence-electron chi connectivity index (χ1n) is 8.08. The van der Waals surface area contributed by atoms with Crippen LogP contribution < -0.4 is 16.4 Å². The van der Waals surface area contributed by atoms with Crippen LogP contribution in [0, 0.1) is 0 Å². The highest BCUT2D eigenvalue weighted by atomic mass is 35.5. The Hall–Kier alpha value is -2.37. The molecule has 0 fully saturated rings. The molecule has 134 valence electrons. The van der Waals surface area contributed by atoms with Gasteiger partial charge in [0.25, 0.3) is 5.91 Å². The molecule has 0 spiro atoms. The van der Waals surface area contributed by atoms with E-state index in [1.807, 2.05) is 48.5 Å². The SMILES string of the molecule is Cl.NCCCNC(=O)CC(NC(=O)c1ccccc1)c1ccccc1. The number of carbonyl (C=O) groups is 2. The molecule has 4 N–H and O–H groups in total. The van der Waals surface area contributed by atoms with Gasteiger partial charge in [0.2, 0.25) is 5.91 Å². The molecule has 0 aliphatic rings. The Morgan fingerprint density at radius 2 is 1.56 bits per heavy atom. The summed E-state index contributed by atoms with van der Waals surface area (Å²) in [7, 11) is 0. The molecule has 0 bridgehead atoms. The van der Waals surface area contributed by atoms with Gasteiger partial charge in [-0.05, 0) is 30.7 Å². The van der Waals surface area contributed by atoms with E-state index in [4.69, 9.17) is 5.73 Å². The van der Waals surface area contributed by atoms with E-state index in [1.165, 1.54) is 0 Å². The van der Waals surface area contributed by atoms with Gasteiger partial charge in [0.1, 0.15) is 0 Å². The van der Waals surface area contributed by atoms with Crippen molar-refractivity contribution < 1.29 is 9.59 Å². The fraction of sp³-hybridized carbons (Fsp3) is 0.263. The number of rotatable bonds is 8. The van der Waals surface area contributed by atoms with Gasteiger partial charge in [-0.1, -0.05) is 48.5 Å². The quantitative estimate of drug-likeness (QED) is 0.631. The van der Waals surface area contributed by atoms with Crippen LogP contribution in [0.3, 0.4) is 0 Å². The fourth-order valence-electron chi connectivity index (χ4n) is 2.36. The number of amides is 2. The smallest absolute Gasteiger partial charge is 0.251 e. The van der Waals surface area contributed by atoms with Crippen LogP contribution in [0.15, 0.2) is 60.7 Å². The Morgan fingerprint density at radius 1 is 0.960 bits per heavy atom. The highest BCUT2D eigenvalue weighted by Crippen LogP contribution is 2.17. The molecule has 0 radical (unpaired) electrons. The molecule has 25 heavy (non-hydrogen) atoms. The Labute approximate surface area is 154 Å². The third-order valence-electron chi connectivity index (χ3n) is 3.64. The van der Waals surface area contributed by atoms with Crippen LogP contribution >= 0.6 is 12.4 Å². The number of benzene rings is 2. The predicted molar refractivity (Wildman–Crippen MR) is 102 cm³/mol. The first kappa shape index (κ1) is 20.7. The van der Waals surface area contributed by atoms with E-state index in [2.05, 4.69) is 10.6 Å². The van der Waals surface area contributed by atoms with Crippen molar-refractivity contribution in [2.45, 2.75) is 18.9 Å². The summed E-state index contributed by atoms with van der Waals surface area (Å²) in [6.45, 7) is 1.08. The lowest BCUT2D eigenvalue weighted by atomic mass is 10.0. The zero-order valence-corrected chi connectivity index (χ0v) is 14.8. The zero-order valence-electron chi connectivity index (χ0n) is 14.0. The van der Waals surface area contributed by atoms with Gasteiger partial charge in [-0.25, -0.2) is 0 Å². The lowest BCUT2D eigenvalue weighted by molar-refractivity contribution is -0.121. The zero-order chi connectivity index (χ0) is 17.2. The third kappa shape index (κ3) is 6.95. The topological polar surface area (TPSA) is 84.2 Å². The van der Waals surface area contributed by atoms with Crippen molar-refractivity contribution in [3.63, 3.8) is 0 Å². The lowest BCUT2D eigenvalue weighted by Gasteiger charge is -2.19. The molecular formula is C19H24ClN3O2. The predicted octanol–water partition coefficient (Wildman–Crippen LogP) is 2.43. The molecule has 6 heteroatoms. The number of carbonyl (C=O) groups excluding carboxylic acids is 2. The second kappa shape index (κ2) is 11.2. The molecule has 0 aliphatic carbocycles. The molecule has 1 atom stereocenters. The number of halogens is 1. The molecule has 0 saturated heterocycles. The van der Waals surface area contributed by atoms with Crippen molar-refractivity contribution in [3.8, 4) is 0 Å². The minimum Gasteiger partial charge on any atom is -0.356 e. The summed E-state index contributed by atoms with van der Waals surface area (Å²) in [6.07, 6.45) is 0.922. The Balaban J connectivity index is 0.00000312. The molecule has 0 heterocycles. The molecule has 2 rings (SSSR count). The number of nitrogens with one attached hydrogen (secondary N) is 2. The summed E-state index contributed by atoms with van der Waals surface area (Å²) < 4.78 is 0. The van der Waals surface area contributed by atoms with Gasteiger partial charge in [0.15, 0.2) is 0 Å². The van der Waals surface area contributed by atoms with Crippen LogP contribution in [0.25, 0.3) is 0 Å². The van der Waals surface area contributed by atoms with Crippen LogP contribution in [0.4, 0.5) is 0 Å². The van der Waals surface area contributed by atoms with Crippen LogP contribution in [0.1, 0.15) is 34.8 Å². The van der Waals surface area contributed by atoms with E-state index in [0.29, 0.717) is 18.7 Å². The first-order chi connectivity index (χ1) is 11.7. The summed E-state index contributed by atoms with van der Waals surface area (Å²) in [4.78, 5) is 24.5. The number of hydrogen-bond acceptors (Lipinski definition) is 3. The van der Waals surface area contributed by atoms with E-state index in [-0.39, 0.29) is 36.7 Å². The van der Waals surface area contributed by atoms with Crippen molar-refractivity contribution in [1.82, 2.24) is 10.6 Å². The Bertz CT molecular complexity index is 650. The number of hydrogen-bond donors (Lipinski definition) is 3. The van der Waals surface area contributed by atoms with E-state index >= 15 is 0 Å². The lowest BCUT2D eigenvalue weighted by Crippen LogP contribution is -2.34. The van der Waals surface area contributed by atoms with Crippen molar-refractivity contribution in [3.05, 3.63) is 71.8 Å². The van der Waals surface area contributed by atoms with Crippen LogP contribution in [0.5, 0.6) is 0 Å². The normalized spacial score (nSPS) is 11.1. The molecule has 0 aromatic heterocycles. The molecule has 0 aliphatic heterocycles. The maximum absolute atomic E-state index is 12.4. The number of nitrogens with two attached hydrogens (primary N) is 1. The van der Waals surface area contributed by atoms with Gasteiger partial charge in [0.05, 0.1) is 12.5 Å². The minimum absolute atomic E-state index is 0. The average Bonchev–Trinajstić information content (AvgIpc) is 2.63. The van der Waals surface area contributed by atoms with E-state index < -0.39 is 0 Å². The van der Waals surface area contributed by atoms with E-state index in [1.54, 1.807) is 12.1 Å². The minimum atomic E-state index is -0.378. The summed E-state index contributed by atoms with van der Waals surface area (Å²) in [5, 5.41) is 5.77. The second-order valence-corrected chi connectivity index (χ2v) is 5.50. The second-order valence-electron chi connectivity index (χ2n) is 5.50. The average molecular weight is 362 g/mol. The van der Waals surface area contributed by atoms with Gasteiger partial charge in [0, 0.05) is 12.1 Å². The molecule has 1 unspecified atom stereocenters.